The predicted octanol–water partition coefficient (Wildman–Crippen LogP) is 4.28. The third-order valence-corrected chi connectivity index (χ3v) is 5.73. The molecule has 0 bridgehead atoms. The Morgan fingerprint density at radius 1 is 1.10 bits per heavy atom. The minimum absolute atomic E-state index is 0. The van der Waals surface area contributed by atoms with Gasteiger partial charge in [0.1, 0.15) is 0 Å². The first-order valence-corrected chi connectivity index (χ1v) is 10.8. The van der Waals surface area contributed by atoms with Gasteiger partial charge in [-0.1, -0.05) is 30.3 Å². The van der Waals surface area contributed by atoms with Crippen LogP contribution in [0.25, 0.3) is 0 Å². The van der Waals surface area contributed by atoms with Gasteiger partial charge < -0.3 is 15.5 Å². The molecule has 0 saturated carbocycles. The van der Waals surface area contributed by atoms with E-state index in [-0.39, 0.29) is 29.9 Å². The summed E-state index contributed by atoms with van der Waals surface area (Å²) in [5.74, 6) is 2.11. The number of aliphatic imine (C=N–C) groups is 1. The van der Waals surface area contributed by atoms with Crippen LogP contribution in [0.15, 0.2) is 64.5 Å². The molecule has 0 spiro atoms. The summed E-state index contributed by atoms with van der Waals surface area (Å²) in [6.07, 6.45) is 2.68. The highest BCUT2D eigenvalue weighted by molar-refractivity contribution is 14.0. The summed E-state index contributed by atoms with van der Waals surface area (Å²) in [5.41, 5.74) is 2.16. The van der Waals surface area contributed by atoms with E-state index in [9.17, 15) is 4.79 Å². The van der Waals surface area contributed by atoms with Crippen LogP contribution in [-0.2, 0) is 11.3 Å². The van der Waals surface area contributed by atoms with E-state index in [4.69, 9.17) is 0 Å². The first-order chi connectivity index (χ1) is 13.8. The van der Waals surface area contributed by atoms with E-state index in [2.05, 4.69) is 52.0 Å². The summed E-state index contributed by atoms with van der Waals surface area (Å²) in [5, 5.41) is 6.70. The average molecular weight is 524 g/mol. The number of halogens is 1. The fraction of sp³-hybridized carbons (Fsp3) is 0.364. The summed E-state index contributed by atoms with van der Waals surface area (Å²) in [7, 11) is 1.79. The molecule has 0 radical (unpaired) electrons. The molecule has 2 aromatic rings. The van der Waals surface area contributed by atoms with Crippen molar-refractivity contribution in [2.45, 2.75) is 30.7 Å². The van der Waals surface area contributed by atoms with Crippen molar-refractivity contribution in [2.24, 2.45) is 4.99 Å². The molecule has 1 heterocycles. The van der Waals surface area contributed by atoms with Crippen molar-refractivity contribution in [1.29, 1.82) is 0 Å². The maximum atomic E-state index is 11.8. The van der Waals surface area contributed by atoms with Crippen molar-refractivity contribution in [3.8, 4) is 0 Å². The number of hydrogen-bond acceptors (Lipinski definition) is 3. The standard InChI is InChI=1S/C22H28N4OS.HI/c1-23-22(24-14-6-16-28-20-7-3-2-4-8-20)25-17-18-10-12-19(13-11-18)26-15-5-9-21(26)27;/h2-4,7-8,10-13H,5-6,9,14-17H2,1H3,(H2,23,24,25);1H. The molecule has 1 saturated heterocycles. The number of nitrogens with zero attached hydrogens (tertiary/aromatic N) is 2. The van der Waals surface area contributed by atoms with E-state index in [1.807, 2.05) is 34.9 Å². The second-order valence-corrected chi connectivity index (χ2v) is 7.85. The zero-order valence-electron chi connectivity index (χ0n) is 16.8. The molecule has 1 aliphatic rings. The fourth-order valence-corrected chi connectivity index (χ4v) is 3.98. The molecule has 0 aliphatic carbocycles. The molecule has 156 valence electrons. The molecule has 3 rings (SSSR count). The van der Waals surface area contributed by atoms with Gasteiger partial charge in [0.15, 0.2) is 5.96 Å². The maximum absolute atomic E-state index is 11.8. The first kappa shape index (κ1) is 23.5. The van der Waals surface area contributed by atoms with Crippen molar-refractivity contribution in [2.75, 3.05) is 30.8 Å². The van der Waals surface area contributed by atoms with Crippen LogP contribution >= 0.6 is 35.7 Å². The molecular weight excluding hydrogens is 495 g/mol. The van der Waals surface area contributed by atoms with E-state index >= 15 is 0 Å². The predicted molar refractivity (Wildman–Crippen MR) is 133 cm³/mol. The van der Waals surface area contributed by atoms with Gasteiger partial charge in [-0.2, -0.15) is 0 Å². The normalized spacial score (nSPS) is 13.9. The monoisotopic (exact) mass is 524 g/mol. The molecule has 0 aromatic heterocycles. The van der Waals surface area contributed by atoms with E-state index in [0.29, 0.717) is 13.0 Å². The third kappa shape index (κ3) is 7.54. The number of thioether (sulfide) groups is 1. The van der Waals surface area contributed by atoms with Gasteiger partial charge in [0.25, 0.3) is 0 Å². The number of rotatable bonds is 8. The first-order valence-electron chi connectivity index (χ1n) is 9.78. The summed E-state index contributed by atoms with van der Waals surface area (Å²) in [6, 6.07) is 18.7. The topological polar surface area (TPSA) is 56.7 Å². The lowest BCUT2D eigenvalue weighted by atomic mass is 10.2. The molecule has 0 atom stereocenters. The SMILES string of the molecule is CN=C(NCCCSc1ccccc1)NCc1ccc(N2CCCC2=O)cc1.I. The molecule has 1 aliphatic heterocycles. The van der Waals surface area contributed by atoms with Crippen LogP contribution in [0.1, 0.15) is 24.8 Å². The number of nitrogens with one attached hydrogen (secondary N) is 2. The van der Waals surface area contributed by atoms with Gasteiger partial charge in [-0.05, 0) is 48.4 Å². The largest absolute Gasteiger partial charge is 0.356 e. The summed E-state index contributed by atoms with van der Waals surface area (Å²) >= 11 is 1.87. The lowest BCUT2D eigenvalue weighted by Crippen LogP contribution is -2.37. The molecule has 0 unspecified atom stereocenters. The Labute approximate surface area is 194 Å². The lowest BCUT2D eigenvalue weighted by molar-refractivity contribution is -0.117. The summed E-state index contributed by atoms with van der Waals surface area (Å²) in [4.78, 5) is 19.3. The molecule has 29 heavy (non-hydrogen) atoms. The molecule has 2 N–H and O–H groups in total. The van der Waals surface area contributed by atoms with Crippen LogP contribution in [-0.4, -0.2) is 37.8 Å². The Morgan fingerprint density at radius 3 is 2.52 bits per heavy atom. The van der Waals surface area contributed by atoms with Gasteiger partial charge in [-0.15, -0.1) is 35.7 Å². The van der Waals surface area contributed by atoms with Crippen LogP contribution in [0.2, 0.25) is 0 Å². The Morgan fingerprint density at radius 2 is 1.86 bits per heavy atom. The number of guanidine groups is 1. The fourth-order valence-electron chi connectivity index (χ4n) is 3.11. The van der Waals surface area contributed by atoms with Crippen LogP contribution in [0.3, 0.4) is 0 Å². The van der Waals surface area contributed by atoms with E-state index in [1.54, 1.807) is 7.05 Å². The number of anilines is 1. The van der Waals surface area contributed by atoms with Gasteiger partial charge in [0.05, 0.1) is 0 Å². The van der Waals surface area contributed by atoms with Crippen molar-refractivity contribution in [3.05, 3.63) is 60.2 Å². The average Bonchev–Trinajstić information content (AvgIpc) is 3.17. The zero-order chi connectivity index (χ0) is 19.6. The molecule has 1 amide bonds. The van der Waals surface area contributed by atoms with Crippen molar-refractivity contribution in [1.82, 2.24) is 10.6 Å². The van der Waals surface area contributed by atoms with Crippen LogP contribution < -0.4 is 15.5 Å². The van der Waals surface area contributed by atoms with Gasteiger partial charge in [0.2, 0.25) is 5.91 Å². The third-order valence-electron chi connectivity index (χ3n) is 4.63. The van der Waals surface area contributed by atoms with Crippen LogP contribution in [0, 0.1) is 0 Å². The second-order valence-electron chi connectivity index (χ2n) is 6.68. The van der Waals surface area contributed by atoms with Crippen molar-refractivity contribution < 1.29 is 4.79 Å². The zero-order valence-corrected chi connectivity index (χ0v) is 19.9. The molecule has 1 fully saturated rings. The van der Waals surface area contributed by atoms with E-state index in [1.165, 1.54) is 4.90 Å². The lowest BCUT2D eigenvalue weighted by Gasteiger charge is -2.16. The molecule has 2 aromatic carbocycles. The summed E-state index contributed by atoms with van der Waals surface area (Å²) in [6.45, 7) is 2.41. The number of amides is 1. The van der Waals surface area contributed by atoms with E-state index in [0.717, 1.165) is 48.9 Å². The second kappa shape index (κ2) is 12.7. The van der Waals surface area contributed by atoms with Crippen molar-refractivity contribution >= 4 is 53.3 Å². The highest BCUT2D eigenvalue weighted by Crippen LogP contribution is 2.21. The van der Waals surface area contributed by atoms with Gasteiger partial charge in [0, 0.05) is 43.7 Å². The highest BCUT2D eigenvalue weighted by atomic mass is 127. The smallest absolute Gasteiger partial charge is 0.227 e. The number of benzene rings is 2. The van der Waals surface area contributed by atoms with Crippen LogP contribution in [0.5, 0.6) is 0 Å². The Balaban J connectivity index is 0.00000300. The Hall–Kier alpha value is -1.74. The number of carbonyl (C=O) groups excluding carboxylic acids is 1. The number of hydrogen-bond donors (Lipinski definition) is 2. The number of carbonyl (C=O) groups is 1. The molecular formula is C22H29IN4OS. The van der Waals surface area contributed by atoms with E-state index < -0.39 is 0 Å². The molecule has 7 heteroatoms. The van der Waals surface area contributed by atoms with Crippen molar-refractivity contribution in [3.63, 3.8) is 0 Å². The summed E-state index contributed by atoms with van der Waals surface area (Å²) < 4.78 is 0. The quantitative estimate of drug-likeness (QED) is 0.178. The van der Waals surface area contributed by atoms with Gasteiger partial charge in [-0.3, -0.25) is 9.79 Å². The molecule has 5 nitrogen and oxygen atoms in total. The maximum Gasteiger partial charge on any atom is 0.227 e. The van der Waals surface area contributed by atoms with Gasteiger partial charge >= 0.3 is 0 Å². The minimum Gasteiger partial charge on any atom is -0.356 e. The Kier molecular flexibility index (Phi) is 10.3. The van der Waals surface area contributed by atoms with Gasteiger partial charge in [-0.25, -0.2) is 0 Å². The van der Waals surface area contributed by atoms with Crippen LogP contribution in [0.4, 0.5) is 5.69 Å². The Bertz CT molecular complexity index is 783. The minimum atomic E-state index is 0. The highest BCUT2D eigenvalue weighted by Gasteiger charge is 2.21.